The molecule has 0 bridgehead atoms. The highest BCUT2D eigenvalue weighted by atomic mass is 35.5. The summed E-state index contributed by atoms with van der Waals surface area (Å²) >= 11 is 0. The molecule has 6 heteroatoms. The van der Waals surface area contributed by atoms with Crippen molar-refractivity contribution in [2.45, 2.75) is 19.9 Å². The van der Waals surface area contributed by atoms with E-state index in [0.29, 0.717) is 11.3 Å². The molecule has 25 heavy (non-hydrogen) atoms. The van der Waals surface area contributed by atoms with Crippen LogP contribution in [0.4, 0.5) is 5.69 Å². The monoisotopic (exact) mass is 362 g/mol. The highest BCUT2D eigenvalue weighted by Gasteiger charge is 2.22. The van der Waals surface area contributed by atoms with E-state index in [0.717, 1.165) is 11.1 Å². The van der Waals surface area contributed by atoms with Gasteiger partial charge in [0.15, 0.2) is 0 Å². The van der Waals surface area contributed by atoms with Gasteiger partial charge in [-0.1, -0.05) is 37.3 Å². The van der Waals surface area contributed by atoms with Crippen LogP contribution in [0.25, 0.3) is 0 Å². The summed E-state index contributed by atoms with van der Waals surface area (Å²) in [6, 6.07) is 14.2. The Bertz CT molecular complexity index is 735. The third kappa shape index (κ3) is 5.05. The number of nitrogens with two attached hydrogens (primary N) is 1. The Morgan fingerprint density at radius 1 is 1.12 bits per heavy atom. The van der Waals surface area contributed by atoms with Crippen molar-refractivity contribution < 1.29 is 14.3 Å². The van der Waals surface area contributed by atoms with Crippen molar-refractivity contribution in [3.05, 3.63) is 65.2 Å². The van der Waals surface area contributed by atoms with Gasteiger partial charge in [-0.15, -0.1) is 12.4 Å². The van der Waals surface area contributed by atoms with Crippen LogP contribution in [0.1, 0.15) is 34.5 Å². The molecule has 2 atom stereocenters. The van der Waals surface area contributed by atoms with E-state index in [1.165, 1.54) is 7.11 Å². The fraction of sp³-hybridized carbons (Fsp3) is 0.263. The number of halogens is 1. The van der Waals surface area contributed by atoms with Crippen LogP contribution in [-0.4, -0.2) is 19.0 Å². The Balaban J connectivity index is 0.00000312. The van der Waals surface area contributed by atoms with Crippen molar-refractivity contribution in [2.75, 3.05) is 12.4 Å². The lowest BCUT2D eigenvalue weighted by atomic mass is 9.94. The topological polar surface area (TPSA) is 81.4 Å². The van der Waals surface area contributed by atoms with E-state index in [4.69, 9.17) is 10.5 Å². The fourth-order valence-electron chi connectivity index (χ4n) is 2.46. The second kappa shape index (κ2) is 9.20. The van der Waals surface area contributed by atoms with E-state index in [9.17, 15) is 9.59 Å². The molecule has 0 saturated heterocycles. The van der Waals surface area contributed by atoms with Crippen LogP contribution in [0.15, 0.2) is 48.5 Å². The number of aryl methyl sites for hydroxylation is 1. The summed E-state index contributed by atoms with van der Waals surface area (Å²) in [5, 5.41) is 2.85. The van der Waals surface area contributed by atoms with Gasteiger partial charge in [0, 0.05) is 11.7 Å². The van der Waals surface area contributed by atoms with Crippen LogP contribution >= 0.6 is 12.4 Å². The molecule has 0 heterocycles. The van der Waals surface area contributed by atoms with Gasteiger partial charge in [0.25, 0.3) is 0 Å². The minimum absolute atomic E-state index is 0. The van der Waals surface area contributed by atoms with Crippen LogP contribution in [0.2, 0.25) is 0 Å². The molecule has 0 aliphatic heterocycles. The molecule has 134 valence electrons. The average molecular weight is 363 g/mol. The molecular weight excluding hydrogens is 340 g/mol. The number of ether oxygens (including phenoxy) is 1. The third-order valence-corrected chi connectivity index (χ3v) is 4.04. The molecule has 2 aromatic rings. The van der Waals surface area contributed by atoms with Crippen molar-refractivity contribution in [1.82, 2.24) is 0 Å². The molecule has 0 aromatic heterocycles. The summed E-state index contributed by atoms with van der Waals surface area (Å²) in [4.78, 5) is 24.0. The van der Waals surface area contributed by atoms with Gasteiger partial charge in [-0.25, -0.2) is 4.79 Å². The van der Waals surface area contributed by atoms with E-state index >= 15 is 0 Å². The predicted octanol–water partition coefficient (Wildman–Crippen LogP) is 3.48. The summed E-state index contributed by atoms with van der Waals surface area (Å²) in [7, 11) is 1.34. The zero-order chi connectivity index (χ0) is 17.7. The summed E-state index contributed by atoms with van der Waals surface area (Å²) in [6.07, 6.45) is 0. The number of benzene rings is 2. The first-order valence-electron chi connectivity index (χ1n) is 7.74. The first-order valence-corrected chi connectivity index (χ1v) is 7.74. The average Bonchev–Trinajstić information content (AvgIpc) is 2.60. The van der Waals surface area contributed by atoms with Crippen LogP contribution < -0.4 is 11.1 Å². The number of hydrogen-bond acceptors (Lipinski definition) is 4. The van der Waals surface area contributed by atoms with Gasteiger partial charge in [-0.3, -0.25) is 4.79 Å². The molecule has 5 nitrogen and oxygen atoms in total. The van der Waals surface area contributed by atoms with Crippen molar-refractivity contribution in [2.24, 2.45) is 11.7 Å². The Labute approximate surface area is 154 Å². The zero-order valence-electron chi connectivity index (χ0n) is 14.5. The maximum absolute atomic E-state index is 12.4. The number of methoxy groups -OCH3 is 1. The second-order valence-electron chi connectivity index (χ2n) is 5.74. The highest BCUT2D eigenvalue weighted by molar-refractivity contribution is 5.95. The minimum Gasteiger partial charge on any atom is -0.465 e. The number of rotatable bonds is 5. The van der Waals surface area contributed by atoms with Crippen molar-refractivity contribution in [1.29, 1.82) is 0 Å². The predicted molar refractivity (Wildman–Crippen MR) is 101 cm³/mol. The molecule has 0 saturated carbocycles. The Hall–Kier alpha value is -2.37. The number of amides is 1. The maximum atomic E-state index is 12.4. The summed E-state index contributed by atoms with van der Waals surface area (Å²) < 4.78 is 4.71. The summed E-state index contributed by atoms with van der Waals surface area (Å²) in [5.41, 5.74) is 8.93. The van der Waals surface area contributed by atoms with Gasteiger partial charge in [0.2, 0.25) is 5.91 Å². The van der Waals surface area contributed by atoms with Crippen LogP contribution in [0.3, 0.4) is 0 Å². The van der Waals surface area contributed by atoms with Gasteiger partial charge >= 0.3 is 5.97 Å². The minimum atomic E-state index is -0.398. The van der Waals surface area contributed by atoms with E-state index < -0.39 is 11.9 Å². The van der Waals surface area contributed by atoms with E-state index in [1.807, 2.05) is 30.3 Å². The molecule has 0 aliphatic carbocycles. The summed E-state index contributed by atoms with van der Waals surface area (Å²) in [5.74, 6) is -0.964. The number of carbonyl (C=O) groups excluding carboxylic acids is 2. The number of nitrogens with one attached hydrogen (secondary N) is 1. The SMILES string of the molecule is COC(=O)c1ccc(NC(=O)C(C)C(N)c2ccccc2)cc1C.Cl. The molecule has 3 N–H and O–H groups in total. The molecule has 2 unspecified atom stereocenters. The van der Waals surface area contributed by atoms with E-state index in [-0.39, 0.29) is 24.4 Å². The van der Waals surface area contributed by atoms with Crippen molar-refractivity contribution in [3.63, 3.8) is 0 Å². The number of anilines is 1. The van der Waals surface area contributed by atoms with Crippen LogP contribution in [0.5, 0.6) is 0 Å². The standard InChI is InChI=1S/C19H22N2O3.ClH/c1-12-11-15(9-10-16(12)19(23)24-3)21-18(22)13(2)17(20)14-7-5-4-6-8-14;/h4-11,13,17H,20H2,1-3H3,(H,21,22);1H. The normalized spacial score (nSPS) is 12.5. The second-order valence-corrected chi connectivity index (χ2v) is 5.74. The van der Waals surface area contributed by atoms with Gasteiger partial charge in [-0.05, 0) is 36.2 Å². The first kappa shape index (κ1) is 20.7. The Morgan fingerprint density at radius 2 is 1.76 bits per heavy atom. The lowest BCUT2D eigenvalue weighted by molar-refractivity contribution is -0.120. The molecular formula is C19H23ClN2O3. The number of esters is 1. The summed E-state index contributed by atoms with van der Waals surface area (Å²) in [6.45, 7) is 3.59. The van der Waals surface area contributed by atoms with Crippen molar-refractivity contribution >= 4 is 30.0 Å². The first-order chi connectivity index (χ1) is 11.4. The van der Waals surface area contributed by atoms with E-state index in [2.05, 4.69) is 5.32 Å². The molecule has 0 aliphatic rings. The smallest absolute Gasteiger partial charge is 0.338 e. The molecule has 2 aromatic carbocycles. The van der Waals surface area contributed by atoms with Crippen molar-refractivity contribution in [3.8, 4) is 0 Å². The quantitative estimate of drug-likeness (QED) is 0.798. The lowest BCUT2D eigenvalue weighted by Gasteiger charge is -2.20. The van der Waals surface area contributed by atoms with Crippen LogP contribution in [0, 0.1) is 12.8 Å². The largest absolute Gasteiger partial charge is 0.465 e. The fourth-order valence-corrected chi connectivity index (χ4v) is 2.46. The van der Waals surface area contributed by atoms with Crippen LogP contribution in [-0.2, 0) is 9.53 Å². The van der Waals surface area contributed by atoms with E-state index in [1.54, 1.807) is 32.0 Å². The maximum Gasteiger partial charge on any atom is 0.338 e. The molecule has 0 spiro atoms. The zero-order valence-corrected chi connectivity index (χ0v) is 15.3. The molecule has 0 fully saturated rings. The Morgan fingerprint density at radius 3 is 2.32 bits per heavy atom. The number of carbonyl (C=O) groups is 2. The van der Waals surface area contributed by atoms with Gasteiger partial charge in [-0.2, -0.15) is 0 Å². The molecule has 1 amide bonds. The Kier molecular flexibility index (Phi) is 7.61. The highest BCUT2D eigenvalue weighted by Crippen LogP contribution is 2.22. The van der Waals surface area contributed by atoms with Gasteiger partial charge < -0.3 is 15.8 Å². The van der Waals surface area contributed by atoms with Gasteiger partial charge in [0.1, 0.15) is 0 Å². The molecule has 2 rings (SSSR count). The third-order valence-electron chi connectivity index (χ3n) is 4.04. The number of hydrogen-bond donors (Lipinski definition) is 2. The lowest BCUT2D eigenvalue weighted by Crippen LogP contribution is -2.30. The molecule has 0 radical (unpaired) electrons. The van der Waals surface area contributed by atoms with Gasteiger partial charge in [0.05, 0.1) is 18.6 Å².